The van der Waals surface area contributed by atoms with Gasteiger partial charge < -0.3 is 9.50 Å². The highest BCUT2D eigenvalue weighted by Crippen LogP contribution is 2.26. The maximum absolute atomic E-state index is 12.8. The number of nitrogens with one attached hydrogen (secondary N) is 1. The van der Waals surface area contributed by atoms with Gasteiger partial charge in [-0.05, 0) is 55.2 Å². The first-order chi connectivity index (χ1) is 20.8. The van der Waals surface area contributed by atoms with Crippen molar-refractivity contribution in [2.45, 2.75) is 127 Å². The third-order valence-electron chi connectivity index (χ3n) is 7.63. The van der Waals surface area contributed by atoms with E-state index in [1.165, 1.54) is 95.0 Å². The first-order valence-electron chi connectivity index (χ1n) is 16.0. The van der Waals surface area contributed by atoms with Gasteiger partial charge in [0.25, 0.3) is 0 Å². The summed E-state index contributed by atoms with van der Waals surface area (Å²) in [6.07, 6.45) is 20.8. The van der Waals surface area contributed by atoms with Crippen molar-refractivity contribution >= 4 is 39.2 Å². The Labute approximate surface area is 263 Å². The highest BCUT2D eigenvalue weighted by Gasteiger charge is 2.29. The van der Waals surface area contributed by atoms with E-state index >= 15 is 0 Å². The summed E-state index contributed by atoms with van der Waals surface area (Å²) < 4.78 is 31.1. The zero-order valence-electron chi connectivity index (χ0n) is 26.1. The molecule has 0 saturated carbocycles. The van der Waals surface area contributed by atoms with Crippen LogP contribution in [0.3, 0.4) is 0 Å². The summed E-state index contributed by atoms with van der Waals surface area (Å²) >= 11 is 1.42. The molecule has 1 aliphatic heterocycles. The molecule has 0 aromatic heterocycles. The van der Waals surface area contributed by atoms with Gasteiger partial charge in [0.15, 0.2) is 5.17 Å². The number of unbranched alkanes of at least 4 members (excludes halogenated alkanes) is 13. The topological polar surface area (TPSA) is 97.2 Å². The molecule has 43 heavy (non-hydrogen) atoms. The molecular formula is C34H49N3O4S2. The summed E-state index contributed by atoms with van der Waals surface area (Å²) in [6, 6.07) is 11.9. The number of carbonyl (C=O) groups excluding carboxylic acids is 1. The average molecular weight is 628 g/mol. The Morgan fingerprint density at radius 3 is 2.14 bits per heavy atom. The number of hydrogen-bond donors (Lipinski definition) is 1. The Hall–Kier alpha value is -2.65. The first-order valence-corrected chi connectivity index (χ1v) is 18.3. The van der Waals surface area contributed by atoms with E-state index in [-0.39, 0.29) is 21.8 Å². The summed E-state index contributed by atoms with van der Waals surface area (Å²) in [5.74, 6) is 0.176. The van der Waals surface area contributed by atoms with E-state index in [2.05, 4.69) is 22.4 Å². The van der Waals surface area contributed by atoms with Crippen LogP contribution in [0.15, 0.2) is 57.6 Å². The minimum Gasteiger partial charge on any atom is -0.379 e. The van der Waals surface area contributed by atoms with Gasteiger partial charge in [-0.1, -0.05) is 133 Å². The number of hydrogen-bond acceptors (Lipinski definition) is 7. The molecule has 9 heteroatoms. The number of nitrogens with zero attached hydrogens (tertiary/aromatic N) is 2. The lowest BCUT2D eigenvalue weighted by atomic mass is 10.0. The molecular weight excluding hydrogens is 579 g/mol. The molecule has 1 fully saturated rings. The number of aryl methyl sites for hydroxylation is 2. The first kappa shape index (κ1) is 34.8. The van der Waals surface area contributed by atoms with Gasteiger partial charge in [-0.15, -0.1) is 5.10 Å². The van der Waals surface area contributed by atoms with Crippen molar-refractivity contribution in [1.82, 2.24) is 5.32 Å². The average Bonchev–Trinajstić information content (AvgIpc) is 3.33. The molecule has 0 spiro atoms. The van der Waals surface area contributed by atoms with E-state index in [0.29, 0.717) is 16.3 Å². The van der Waals surface area contributed by atoms with Crippen LogP contribution < -0.4 is 9.50 Å². The fourth-order valence-corrected chi connectivity index (χ4v) is 7.32. The van der Waals surface area contributed by atoms with E-state index in [0.717, 1.165) is 24.8 Å². The van der Waals surface area contributed by atoms with Gasteiger partial charge in [0.1, 0.15) is 10.6 Å². The van der Waals surface area contributed by atoms with Gasteiger partial charge in [0.05, 0.1) is 11.5 Å². The van der Waals surface area contributed by atoms with Crippen LogP contribution in [0, 0.1) is 13.8 Å². The number of amidine groups is 1. The molecule has 0 bridgehead atoms. The standard InChI is InChI=1S/C34H49N3O4S2/c1-4-5-6-7-8-9-10-11-12-13-14-15-16-17-21-31-33(38)36-34(42-31)37-35-26-29-19-18-20-30(25-29)41-43(39,40)32-24-27(2)22-23-28(32)3/h18-20,22-26,31H,4-17,21H2,1-3H3,(H,36,37,38)/b35-26-/t31-/m1/s1. The molecule has 1 heterocycles. The lowest BCUT2D eigenvalue weighted by Gasteiger charge is -2.10. The number of benzene rings is 2. The second kappa shape index (κ2) is 18.9. The third-order valence-corrected chi connectivity index (χ3v) is 10.2. The van der Waals surface area contributed by atoms with Crippen LogP contribution >= 0.6 is 11.8 Å². The SMILES string of the molecule is CCCCCCCCCCCCCCCC[C@H]1S/C(=N\N=C/c2cccc(OS(=O)(=O)c3cc(C)ccc3C)c2)NC1=O. The second-order valence-corrected chi connectivity index (χ2v) is 14.2. The number of rotatable bonds is 20. The molecule has 236 valence electrons. The van der Waals surface area contributed by atoms with Gasteiger partial charge in [0, 0.05) is 0 Å². The molecule has 1 N–H and O–H groups in total. The van der Waals surface area contributed by atoms with Crippen LogP contribution in [0.5, 0.6) is 5.75 Å². The molecule has 1 amide bonds. The van der Waals surface area contributed by atoms with Gasteiger partial charge in [-0.3, -0.25) is 4.79 Å². The van der Waals surface area contributed by atoms with Crippen LogP contribution in [0.4, 0.5) is 0 Å². The molecule has 2 aromatic carbocycles. The summed E-state index contributed by atoms with van der Waals surface area (Å²) in [5.41, 5.74) is 2.09. The Bertz CT molecular complexity index is 1320. The lowest BCUT2D eigenvalue weighted by Crippen LogP contribution is -2.24. The maximum Gasteiger partial charge on any atom is 0.339 e. The van der Waals surface area contributed by atoms with Crippen LogP contribution in [-0.2, 0) is 14.9 Å². The van der Waals surface area contributed by atoms with Crippen LogP contribution in [0.25, 0.3) is 0 Å². The molecule has 0 aliphatic carbocycles. The number of carbonyl (C=O) groups is 1. The molecule has 3 rings (SSSR count). The monoisotopic (exact) mass is 627 g/mol. The van der Waals surface area contributed by atoms with Gasteiger partial charge in [-0.25, -0.2) is 0 Å². The van der Waals surface area contributed by atoms with E-state index in [9.17, 15) is 13.2 Å². The normalized spacial score (nSPS) is 16.3. The lowest BCUT2D eigenvalue weighted by molar-refractivity contribution is -0.118. The number of amides is 1. The number of thioether (sulfide) groups is 1. The smallest absolute Gasteiger partial charge is 0.339 e. The molecule has 0 radical (unpaired) electrons. The quantitative estimate of drug-likeness (QED) is 0.0684. The highest BCUT2D eigenvalue weighted by atomic mass is 32.2. The minimum atomic E-state index is -3.97. The highest BCUT2D eigenvalue weighted by molar-refractivity contribution is 8.15. The summed E-state index contributed by atoms with van der Waals surface area (Å²) in [7, 11) is -3.97. The molecule has 2 aromatic rings. The van der Waals surface area contributed by atoms with Gasteiger partial charge >= 0.3 is 10.1 Å². The van der Waals surface area contributed by atoms with Gasteiger partial charge in [-0.2, -0.15) is 13.5 Å². The fraction of sp³-hybridized carbons (Fsp3) is 0.559. The van der Waals surface area contributed by atoms with Crippen molar-refractivity contribution in [2.24, 2.45) is 10.2 Å². The van der Waals surface area contributed by atoms with E-state index in [4.69, 9.17) is 4.18 Å². The van der Waals surface area contributed by atoms with Gasteiger partial charge in [0.2, 0.25) is 5.91 Å². The predicted octanol–water partition coefficient (Wildman–Crippen LogP) is 8.86. The van der Waals surface area contributed by atoms with Crippen LogP contribution in [-0.4, -0.2) is 31.0 Å². The van der Waals surface area contributed by atoms with Crippen LogP contribution in [0.2, 0.25) is 0 Å². The van der Waals surface area contributed by atoms with Crippen molar-refractivity contribution in [2.75, 3.05) is 0 Å². The Kier molecular flexibility index (Phi) is 15.3. The van der Waals surface area contributed by atoms with Crippen molar-refractivity contribution in [3.63, 3.8) is 0 Å². The molecule has 0 unspecified atom stereocenters. The van der Waals surface area contributed by atoms with Crippen molar-refractivity contribution < 1.29 is 17.4 Å². The predicted molar refractivity (Wildman–Crippen MR) is 180 cm³/mol. The molecule has 1 saturated heterocycles. The maximum atomic E-state index is 12.8. The zero-order valence-corrected chi connectivity index (χ0v) is 27.8. The fourth-order valence-electron chi connectivity index (χ4n) is 5.11. The largest absolute Gasteiger partial charge is 0.379 e. The van der Waals surface area contributed by atoms with E-state index < -0.39 is 10.1 Å². The van der Waals surface area contributed by atoms with E-state index in [1.807, 2.05) is 13.0 Å². The minimum absolute atomic E-state index is 0.0132. The van der Waals surface area contributed by atoms with Crippen LogP contribution in [0.1, 0.15) is 120 Å². The summed E-state index contributed by atoms with van der Waals surface area (Å²) in [6.45, 7) is 5.84. The molecule has 1 atom stereocenters. The van der Waals surface area contributed by atoms with Crippen molar-refractivity contribution in [3.8, 4) is 5.75 Å². The van der Waals surface area contributed by atoms with E-state index in [1.54, 1.807) is 43.3 Å². The summed E-state index contributed by atoms with van der Waals surface area (Å²) in [5, 5.41) is 11.5. The van der Waals surface area contributed by atoms with Crippen molar-refractivity contribution in [3.05, 3.63) is 59.2 Å². The third kappa shape index (κ3) is 12.9. The summed E-state index contributed by atoms with van der Waals surface area (Å²) in [4.78, 5) is 12.5. The Balaban J connectivity index is 1.33. The molecule has 7 nitrogen and oxygen atoms in total. The Morgan fingerprint density at radius 1 is 0.860 bits per heavy atom. The Morgan fingerprint density at radius 2 is 1.49 bits per heavy atom. The zero-order chi connectivity index (χ0) is 30.9. The van der Waals surface area contributed by atoms with Crippen molar-refractivity contribution in [1.29, 1.82) is 0 Å². The second-order valence-electron chi connectivity index (χ2n) is 11.5. The molecule has 1 aliphatic rings.